The summed E-state index contributed by atoms with van der Waals surface area (Å²) in [4.78, 5) is 21.1. The van der Waals surface area contributed by atoms with Gasteiger partial charge in [0.25, 0.3) is 11.9 Å². The normalized spacial score (nSPS) is 11.0. The van der Waals surface area contributed by atoms with Gasteiger partial charge in [-0.3, -0.25) is 15.1 Å². The van der Waals surface area contributed by atoms with Crippen molar-refractivity contribution in [3.63, 3.8) is 0 Å². The highest BCUT2D eigenvalue weighted by Gasteiger charge is 2.16. The second-order valence-electron chi connectivity index (χ2n) is 5.07. The molecule has 0 aliphatic carbocycles. The van der Waals surface area contributed by atoms with Crippen LogP contribution in [0, 0.1) is 0 Å². The molecule has 0 fully saturated rings. The summed E-state index contributed by atoms with van der Waals surface area (Å²) >= 11 is 13.6. The molecule has 0 saturated heterocycles. The van der Waals surface area contributed by atoms with Gasteiger partial charge in [0, 0.05) is 28.4 Å². The number of thiazole rings is 1. The van der Waals surface area contributed by atoms with Gasteiger partial charge >= 0.3 is 0 Å². The van der Waals surface area contributed by atoms with E-state index in [1.807, 2.05) is 11.4 Å². The van der Waals surface area contributed by atoms with Crippen LogP contribution in [0.1, 0.15) is 10.4 Å². The molecule has 0 spiro atoms. The Kier molecular flexibility index (Phi) is 4.12. The van der Waals surface area contributed by atoms with Gasteiger partial charge in [-0.05, 0) is 30.3 Å². The van der Waals surface area contributed by atoms with Crippen molar-refractivity contribution in [2.75, 3.05) is 5.32 Å². The zero-order valence-corrected chi connectivity index (χ0v) is 14.8. The van der Waals surface area contributed by atoms with E-state index in [9.17, 15) is 4.79 Å². The van der Waals surface area contributed by atoms with Gasteiger partial charge in [-0.2, -0.15) is 4.98 Å². The highest BCUT2D eigenvalue weighted by atomic mass is 35.5. The number of nitrogens with zero attached hydrogens (tertiary/aromatic N) is 4. The molecular weight excluding hydrogens is 381 g/mol. The van der Waals surface area contributed by atoms with Gasteiger partial charge in [-0.1, -0.05) is 23.2 Å². The van der Waals surface area contributed by atoms with E-state index in [0.29, 0.717) is 20.6 Å². The van der Waals surface area contributed by atoms with Gasteiger partial charge < -0.3 is 0 Å². The van der Waals surface area contributed by atoms with Crippen LogP contribution in [0.25, 0.3) is 16.2 Å². The summed E-state index contributed by atoms with van der Waals surface area (Å²) in [5.41, 5.74) is 1.99. The van der Waals surface area contributed by atoms with Gasteiger partial charge in [-0.25, -0.2) is 4.52 Å². The molecule has 4 rings (SSSR count). The molecule has 0 radical (unpaired) electrons. The number of halogens is 2. The zero-order valence-electron chi connectivity index (χ0n) is 12.5. The molecule has 1 N–H and O–H groups in total. The van der Waals surface area contributed by atoms with Crippen LogP contribution in [0.3, 0.4) is 0 Å². The number of amides is 1. The first-order valence-electron chi connectivity index (χ1n) is 7.13. The summed E-state index contributed by atoms with van der Waals surface area (Å²) < 4.78 is 1.64. The van der Waals surface area contributed by atoms with Crippen LogP contribution in [0.4, 0.5) is 5.95 Å². The Bertz CT molecular complexity index is 1080. The van der Waals surface area contributed by atoms with E-state index in [0.717, 1.165) is 11.3 Å². The van der Waals surface area contributed by atoms with Crippen molar-refractivity contribution >= 4 is 51.4 Å². The van der Waals surface area contributed by atoms with Gasteiger partial charge in [0.15, 0.2) is 0 Å². The van der Waals surface area contributed by atoms with Crippen molar-refractivity contribution in [2.24, 2.45) is 0 Å². The molecule has 4 aromatic rings. The Hall–Kier alpha value is -2.48. The maximum atomic E-state index is 12.2. The van der Waals surface area contributed by atoms with Crippen LogP contribution in [0.5, 0.6) is 0 Å². The third-order valence-electron chi connectivity index (χ3n) is 3.44. The van der Waals surface area contributed by atoms with E-state index >= 15 is 0 Å². The molecule has 0 aliphatic heterocycles. The number of carbonyl (C=O) groups is 1. The lowest BCUT2D eigenvalue weighted by Gasteiger charge is -2.03. The van der Waals surface area contributed by atoms with Crippen LogP contribution < -0.4 is 5.32 Å². The molecule has 25 heavy (non-hydrogen) atoms. The van der Waals surface area contributed by atoms with Gasteiger partial charge in [0.1, 0.15) is 0 Å². The number of carbonyl (C=O) groups excluding carboxylic acids is 1. The quantitative estimate of drug-likeness (QED) is 0.563. The molecule has 1 amide bonds. The number of anilines is 1. The first-order chi connectivity index (χ1) is 12.1. The predicted molar refractivity (Wildman–Crippen MR) is 98.5 cm³/mol. The lowest BCUT2D eigenvalue weighted by atomic mass is 10.2. The number of benzene rings is 1. The lowest BCUT2D eigenvalue weighted by Crippen LogP contribution is -2.13. The molecule has 0 bridgehead atoms. The third-order valence-corrected chi connectivity index (χ3v) is 4.80. The molecule has 0 saturated carbocycles. The van der Waals surface area contributed by atoms with Crippen molar-refractivity contribution in [3.05, 3.63) is 63.7 Å². The SMILES string of the molecule is O=C(Nc1nc2scc(-c3ccc(Cl)cc3Cl)n2n1)c1cccnc1. The maximum Gasteiger partial charge on any atom is 0.259 e. The second-order valence-corrected chi connectivity index (χ2v) is 6.75. The Balaban J connectivity index is 1.68. The summed E-state index contributed by atoms with van der Waals surface area (Å²) in [6.45, 7) is 0. The minimum Gasteiger partial charge on any atom is -0.289 e. The first-order valence-corrected chi connectivity index (χ1v) is 8.76. The Morgan fingerprint density at radius 3 is 2.88 bits per heavy atom. The fourth-order valence-electron chi connectivity index (χ4n) is 2.29. The van der Waals surface area contributed by atoms with Crippen LogP contribution in [-0.2, 0) is 0 Å². The highest BCUT2D eigenvalue weighted by molar-refractivity contribution is 7.15. The highest BCUT2D eigenvalue weighted by Crippen LogP contribution is 2.33. The Morgan fingerprint density at radius 2 is 2.12 bits per heavy atom. The summed E-state index contributed by atoms with van der Waals surface area (Å²) in [7, 11) is 0. The third kappa shape index (κ3) is 3.09. The molecule has 3 aromatic heterocycles. The fourth-order valence-corrected chi connectivity index (χ4v) is 3.62. The van der Waals surface area contributed by atoms with E-state index in [4.69, 9.17) is 23.2 Å². The number of aromatic nitrogens is 4. The standard InChI is InChI=1S/C16H9Cl2N5OS/c17-10-3-4-11(12(18)6-10)13-8-25-16-21-15(22-23(13)16)20-14(24)9-2-1-5-19-7-9/h1-8H,(H,20,22,24). The van der Waals surface area contributed by atoms with Gasteiger partial charge in [-0.15, -0.1) is 16.4 Å². The maximum absolute atomic E-state index is 12.2. The summed E-state index contributed by atoms with van der Waals surface area (Å²) in [6.07, 6.45) is 3.08. The number of fused-ring (bicyclic) bond motifs is 1. The van der Waals surface area contributed by atoms with Gasteiger partial charge in [0.2, 0.25) is 4.96 Å². The van der Waals surface area contributed by atoms with Crippen LogP contribution in [-0.4, -0.2) is 25.5 Å². The van der Waals surface area contributed by atoms with E-state index in [2.05, 4.69) is 20.4 Å². The fraction of sp³-hybridized carbons (Fsp3) is 0. The molecular formula is C16H9Cl2N5OS. The van der Waals surface area contributed by atoms with Crippen molar-refractivity contribution in [2.45, 2.75) is 0 Å². The summed E-state index contributed by atoms with van der Waals surface area (Å²) in [5.74, 6) is -0.107. The number of nitrogens with one attached hydrogen (secondary N) is 1. The van der Waals surface area contributed by atoms with E-state index < -0.39 is 0 Å². The number of pyridine rings is 1. The van der Waals surface area contributed by atoms with Crippen LogP contribution in [0.15, 0.2) is 48.1 Å². The first kappa shape index (κ1) is 16.0. The van der Waals surface area contributed by atoms with Crippen molar-refractivity contribution in [1.82, 2.24) is 19.6 Å². The lowest BCUT2D eigenvalue weighted by molar-refractivity contribution is 0.102. The Morgan fingerprint density at radius 1 is 1.24 bits per heavy atom. The smallest absolute Gasteiger partial charge is 0.259 e. The number of hydrogen-bond donors (Lipinski definition) is 1. The second kappa shape index (κ2) is 6.44. The molecule has 0 unspecified atom stereocenters. The minimum absolute atomic E-state index is 0.215. The predicted octanol–water partition coefficient (Wildman–Crippen LogP) is 4.41. The molecule has 124 valence electrons. The zero-order chi connectivity index (χ0) is 17.4. The molecule has 9 heteroatoms. The molecule has 6 nitrogen and oxygen atoms in total. The molecule has 0 aliphatic rings. The summed E-state index contributed by atoms with van der Waals surface area (Å²) in [5, 5.41) is 9.99. The van der Waals surface area contributed by atoms with Crippen LogP contribution in [0.2, 0.25) is 10.0 Å². The van der Waals surface area contributed by atoms with Crippen molar-refractivity contribution in [1.29, 1.82) is 0 Å². The Labute approximate surface area is 156 Å². The monoisotopic (exact) mass is 389 g/mol. The van der Waals surface area contributed by atoms with E-state index in [1.165, 1.54) is 17.5 Å². The minimum atomic E-state index is -0.322. The topological polar surface area (TPSA) is 72.2 Å². The number of rotatable bonds is 3. The van der Waals surface area contributed by atoms with E-state index in [-0.39, 0.29) is 11.9 Å². The van der Waals surface area contributed by atoms with Gasteiger partial charge in [0.05, 0.1) is 16.3 Å². The summed E-state index contributed by atoms with van der Waals surface area (Å²) in [6, 6.07) is 8.61. The van der Waals surface area contributed by atoms with E-state index in [1.54, 1.807) is 35.0 Å². The van der Waals surface area contributed by atoms with Crippen molar-refractivity contribution < 1.29 is 4.79 Å². The average molecular weight is 390 g/mol. The molecule has 0 atom stereocenters. The largest absolute Gasteiger partial charge is 0.289 e. The number of hydrogen-bond acceptors (Lipinski definition) is 5. The van der Waals surface area contributed by atoms with Crippen LogP contribution >= 0.6 is 34.5 Å². The van der Waals surface area contributed by atoms with Crippen molar-refractivity contribution in [3.8, 4) is 11.3 Å². The average Bonchev–Trinajstić information content (AvgIpc) is 3.16. The molecule has 1 aromatic carbocycles. The molecule has 3 heterocycles.